The lowest BCUT2D eigenvalue weighted by molar-refractivity contribution is -0.130. The Morgan fingerprint density at radius 2 is 1.82 bits per heavy atom. The standard InChI is InChI=1S/C19H22FN3O4S/c1-27-18-8-3-2-7-17(18)21-14-19(24)22-9-11-23(12-10-22)28(25,26)16-6-4-5-15(20)13-16/h2-8,13,21H,9-12,14H2,1H3. The van der Waals surface area contributed by atoms with Gasteiger partial charge in [0.2, 0.25) is 15.9 Å². The second-order valence-electron chi connectivity index (χ2n) is 6.30. The van der Waals surface area contributed by atoms with E-state index in [4.69, 9.17) is 4.74 Å². The fourth-order valence-electron chi connectivity index (χ4n) is 3.03. The highest BCUT2D eigenvalue weighted by Gasteiger charge is 2.30. The van der Waals surface area contributed by atoms with Gasteiger partial charge >= 0.3 is 0 Å². The summed E-state index contributed by atoms with van der Waals surface area (Å²) in [6.45, 7) is 0.970. The molecule has 9 heteroatoms. The molecule has 0 aliphatic carbocycles. The molecule has 2 aromatic rings. The Morgan fingerprint density at radius 1 is 1.11 bits per heavy atom. The monoisotopic (exact) mass is 407 g/mol. The number of sulfonamides is 1. The Kier molecular flexibility index (Phi) is 6.15. The summed E-state index contributed by atoms with van der Waals surface area (Å²) >= 11 is 0. The lowest BCUT2D eigenvalue weighted by atomic mass is 10.3. The van der Waals surface area contributed by atoms with Crippen molar-refractivity contribution in [3.8, 4) is 5.75 Å². The predicted octanol–water partition coefficient (Wildman–Crippen LogP) is 1.78. The molecule has 0 spiro atoms. The molecule has 0 bridgehead atoms. The molecule has 0 saturated carbocycles. The number of hydrogen-bond acceptors (Lipinski definition) is 5. The molecule has 0 aromatic heterocycles. The van der Waals surface area contributed by atoms with Crippen molar-refractivity contribution in [3.63, 3.8) is 0 Å². The number of nitrogens with one attached hydrogen (secondary N) is 1. The van der Waals surface area contributed by atoms with E-state index in [1.54, 1.807) is 18.1 Å². The number of hydrogen-bond donors (Lipinski definition) is 1. The van der Waals surface area contributed by atoms with Crippen molar-refractivity contribution < 1.29 is 22.3 Å². The minimum absolute atomic E-state index is 0.0786. The molecule has 28 heavy (non-hydrogen) atoms. The largest absolute Gasteiger partial charge is 0.495 e. The van der Waals surface area contributed by atoms with Crippen LogP contribution in [0.25, 0.3) is 0 Å². The van der Waals surface area contributed by atoms with Crippen LogP contribution in [0.15, 0.2) is 53.4 Å². The number of amides is 1. The van der Waals surface area contributed by atoms with E-state index in [9.17, 15) is 17.6 Å². The van der Waals surface area contributed by atoms with Gasteiger partial charge in [-0.15, -0.1) is 0 Å². The number of para-hydroxylation sites is 2. The van der Waals surface area contributed by atoms with E-state index in [1.165, 1.54) is 22.5 Å². The van der Waals surface area contributed by atoms with Crippen LogP contribution in [0.3, 0.4) is 0 Å². The zero-order valence-electron chi connectivity index (χ0n) is 15.5. The number of piperazine rings is 1. The van der Waals surface area contributed by atoms with Crippen LogP contribution in [0, 0.1) is 5.82 Å². The molecule has 7 nitrogen and oxygen atoms in total. The molecule has 1 aliphatic heterocycles. The van der Waals surface area contributed by atoms with Crippen LogP contribution >= 0.6 is 0 Å². The molecule has 1 fully saturated rings. The van der Waals surface area contributed by atoms with Gasteiger partial charge in [0.15, 0.2) is 0 Å². The first-order chi connectivity index (χ1) is 13.4. The van der Waals surface area contributed by atoms with Crippen LogP contribution < -0.4 is 10.1 Å². The molecule has 1 aliphatic rings. The van der Waals surface area contributed by atoms with Crippen LogP contribution in [0.5, 0.6) is 5.75 Å². The average molecular weight is 407 g/mol. The van der Waals surface area contributed by atoms with Gasteiger partial charge in [0.1, 0.15) is 11.6 Å². The number of rotatable bonds is 6. The highest BCUT2D eigenvalue weighted by atomic mass is 32.2. The van der Waals surface area contributed by atoms with Gasteiger partial charge in [0.25, 0.3) is 0 Å². The van der Waals surface area contributed by atoms with E-state index in [0.29, 0.717) is 11.4 Å². The van der Waals surface area contributed by atoms with Gasteiger partial charge in [-0.05, 0) is 30.3 Å². The van der Waals surface area contributed by atoms with E-state index >= 15 is 0 Å². The SMILES string of the molecule is COc1ccccc1NCC(=O)N1CCN(S(=O)(=O)c2cccc(F)c2)CC1. The molecule has 150 valence electrons. The number of methoxy groups -OCH3 is 1. The number of nitrogens with zero attached hydrogens (tertiary/aromatic N) is 2. The quantitative estimate of drug-likeness (QED) is 0.790. The van der Waals surface area contributed by atoms with Crippen molar-refractivity contribution in [3.05, 3.63) is 54.3 Å². The van der Waals surface area contributed by atoms with E-state index in [-0.39, 0.29) is 43.5 Å². The van der Waals surface area contributed by atoms with Crippen molar-refractivity contribution in [1.82, 2.24) is 9.21 Å². The van der Waals surface area contributed by atoms with Gasteiger partial charge < -0.3 is 15.0 Å². The lowest BCUT2D eigenvalue weighted by Crippen LogP contribution is -2.51. The smallest absolute Gasteiger partial charge is 0.243 e. The Hall–Kier alpha value is -2.65. The Bertz CT molecular complexity index is 944. The minimum Gasteiger partial charge on any atom is -0.495 e. The molecule has 0 radical (unpaired) electrons. The molecular formula is C19H22FN3O4S. The minimum atomic E-state index is -3.77. The van der Waals surface area contributed by atoms with E-state index in [0.717, 1.165) is 6.07 Å². The maximum Gasteiger partial charge on any atom is 0.243 e. The Labute approximate surface area is 163 Å². The first-order valence-corrected chi connectivity index (χ1v) is 10.3. The molecule has 3 rings (SSSR count). The van der Waals surface area contributed by atoms with Gasteiger partial charge in [0.05, 0.1) is 24.2 Å². The van der Waals surface area contributed by atoms with Gasteiger partial charge in [0, 0.05) is 26.2 Å². The lowest BCUT2D eigenvalue weighted by Gasteiger charge is -2.34. The summed E-state index contributed by atoms with van der Waals surface area (Å²) in [6, 6.07) is 12.2. The molecule has 1 N–H and O–H groups in total. The maximum absolute atomic E-state index is 13.4. The van der Waals surface area contributed by atoms with Gasteiger partial charge in [-0.1, -0.05) is 18.2 Å². The highest BCUT2D eigenvalue weighted by Crippen LogP contribution is 2.23. The first-order valence-electron chi connectivity index (χ1n) is 8.82. The fourth-order valence-corrected chi connectivity index (χ4v) is 4.48. The van der Waals surface area contributed by atoms with E-state index < -0.39 is 15.8 Å². The first kappa shape index (κ1) is 20.1. The summed E-state index contributed by atoms with van der Waals surface area (Å²) in [4.78, 5) is 14.0. The summed E-state index contributed by atoms with van der Waals surface area (Å²) in [7, 11) is -2.22. The summed E-state index contributed by atoms with van der Waals surface area (Å²) in [5, 5.41) is 3.05. The third-order valence-corrected chi connectivity index (χ3v) is 6.46. The number of carbonyl (C=O) groups excluding carboxylic acids is 1. The van der Waals surface area contributed by atoms with Crippen LogP contribution in [0.1, 0.15) is 0 Å². The highest BCUT2D eigenvalue weighted by molar-refractivity contribution is 7.89. The summed E-state index contributed by atoms with van der Waals surface area (Å²) in [5.74, 6) is -0.0904. The van der Waals surface area contributed by atoms with Crippen LogP contribution in [0.2, 0.25) is 0 Å². The molecule has 1 heterocycles. The van der Waals surface area contributed by atoms with Crippen LogP contribution in [0.4, 0.5) is 10.1 Å². The average Bonchev–Trinajstić information content (AvgIpc) is 2.72. The molecule has 2 aromatic carbocycles. The summed E-state index contributed by atoms with van der Waals surface area (Å²) < 4.78 is 45.1. The number of halogens is 1. The molecule has 1 amide bonds. The Morgan fingerprint density at radius 3 is 2.50 bits per heavy atom. The van der Waals surface area contributed by atoms with Gasteiger partial charge in [-0.3, -0.25) is 4.79 Å². The fraction of sp³-hybridized carbons (Fsp3) is 0.316. The number of ether oxygens (including phenoxy) is 1. The summed E-state index contributed by atoms with van der Waals surface area (Å²) in [6.07, 6.45) is 0. The topological polar surface area (TPSA) is 79.0 Å². The molecule has 0 atom stereocenters. The molecular weight excluding hydrogens is 385 g/mol. The predicted molar refractivity (Wildman–Crippen MR) is 103 cm³/mol. The third-order valence-electron chi connectivity index (χ3n) is 4.56. The van der Waals surface area contributed by atoms with Crippen LogP contribution in [-0.2, 0) is 14.8 Å². The molecule has 0 unspecified atom stereocenters. The number of benzene rings is 2. The second-order valence-corrected chi connectivity index (χ2v) is 8.23. The third kappa shape index (κ3) is 4.42. The zero-order valence-corrected chi connectivity index (χ0v) is 16.3. The van der Waals surface area contributed by atoms with Crippen molar-refractivity contribution >= 4 is 21.6 Å². The van der Waals surface area contributed by atoms with Gasteiger partial charge in [-0.2, -0.15) is 4.31 Å². The van der Waals surface area contributed by atoms with Crippen molar-refractivity contribution in [2.24, 2.45) is 0 Å². The second kappa shape index (κ2) is 8.57. The maximum atomic E-state index is 13.4. The van der Waals surface area contributed by atoms with Crippen molar-refractivity contribution in [1.29, 1.82) is 0 Å². The van der Waals surface area contributed by atoms with Crippen molar-refractivity contribution in [2.45, 2.75) is 4.90 Å². The number of carbonyl (C=O) groups is 1. The van der Waals surface area contributed by atoms with Crippen molar-refractivity contribution in [2.75, 3.05) is 45.2 Å². The van der Waals surface area contributed by atoms with E-state index in [1.807, 2.05) is 18.2 Å². The van der Waals surface area contributed by atoms with E-state index in [2.05, 4.69) is 5.32 Å². The number of anilines is 1. The normalized spacial score (nSPS) is 15.3. The van der Waals surface area contributed by atoms with Gasteiger partial charge in [-0.25, -0.2) is 12.8 Å². The van der Waals surface area contributed by atoms with Crippen LogP contribution in [-0.4, -0.2) is 63.4 Å². The Balaban J connectivity index is 1.57. The zero-order chi connectivity index (χ0) is 20.1. The molecule has 1 saturated heterocycles. The summed E-state index contributed by atoms with van der Waals surface area (Å²) in [5.41, 5.74) is 0.714.